The highest BCUT2D eigenvalue weighted by molar-refractivity contribution is 9.10. The number of nitrogen functional groups attached to an aromatic ring is 1. The average molecular weight is 357 g/mol. The number of anilines is 1. The van der Waals surface area contributed by atoms with Gasteiger partial charge in [0, 0.05) is 20.2 Å². The first-order valence-corrected chi connectivity index (χ1v) is 6.66. The van der Waals surface area contributed by atoms with Crippen molar-refractivity contribution in [2.45, 2.75) is 6.61 Å². The maximum Gasteiger partial charge on any atom is 0.120 e. The SMILES string of the molecule is Nc1cccc(Br)c1COc1cccc(Br)c1. The van der Waals surface area contributed by atoms with Crippen LogP contribution in [0.1, 0.15) is 5.56 Å². The lowest BCUT2D eigenvalue weighted by Gasteiger charge is -2.10. The normalized spacial score (nSPS) is 10.2. The zero-order valence-electron chi connectivity index (χ0n) is 8.99. The molecule has 0 fully saturated rings. The van der Waals surface area contributed by atoms with E-state index in [9.17, 15) is 0 Å². The van der Waals surface area contributed by atoms with E-state index in [1.807, 2.05) is 42.5 Å². The lowest BCUT2D eigenvalue weighted by atomic mass is 10.2. The smallest absolute Gasteiger partial charge is 0.120 e. The molecule has 4 heteroatoms. The summed E-state index contributed by atoms with van der Waals surface area (Å²) in [6.45, 7) is 0.448. The molecule has 0 saturated carbocycles. The van der Waals surface area contributed by atoms with E-state index in [1.54, 1.807) is 0 Å². The van der Waals surface area contributed by atoms with Gasteiger partial charge in [-0.2, -0.15) is 0 Å². The number of hydrogen-bond donors (Lipinski definition) is 1. The zero-order chi connectivity index (χ0) is 12.3. The Morgan fingerprint density at radius 2 is 1.82 bits per heavy atom. The predicted octanol–water partition coefficient (Wildman–Crippen LogP) is 4.37. The Bertz CT molecular complexity index is 508. The van der Waals surface area contributed by atoms with Crippen LogP contribution in [0.15, 0.2) is 51.4 Å². The molecule has 0 bridgehead atoms. The Hall–Kier alpha value is -1.00. The lowest BCUT2D eigenvalue weighted by molar-refractivity contribution is 0.306. The van der Waals surface area contributed by atoms with Gasteiger partial charge >= 0.3 is 0 Å². The molecule has 2 rings (SSSR count). The van der Waals surface area contributed by atoms with Crippen LogP contribution in [-0.4, -0.2) is 0 Å². The molecule has 0 aliphatic carbocycles. The summed E-state index contributed by atoms with van der Waals surface area (Å²) in [5, 5.41) is 0. The second-order valence-electron chi connectivity index (χ2n) is 3.55. The van der Waals surface area contributed by atoms with Crippen LogP contribution < -0.4 is 10.5 Å². The van der Waals surface area contributed by atoms with Gasteiger partial charge in [-0.15, -0.1) is 0 Å². The van der Waals surface area contributed by atoms with Gasteiger partial charge < -0.3 is 10.5 Å². The van der Waals surface area contributed by atoms with E-state index >= 15 is 0 Å². The van der Waals surface area contributed by atoms with Gasteiger partial charge in [0.25, 0.3) is 0 Å². The van der Waals surface area contributed by atoms with Crippen LogP contribution in [0.5, 0.6) is 5.75 Å². The summed E-state index contributed by atoms with van der Waals surface area (Å²) in [6, 6.07) is 13.5. The molecule has 88 valence electrons. The van der Waals surface area contributed by atoms with Crippen LogP contribution in [0.25, 0.3) is 0 Å². The van der Waals surface area contributed by atoms with Crippen LogP contribution in [-0.2, 0) is 6.61 Å². The first-order chi connectivity index (χ1) is 8.16. The van der Waals surface area contributed by atoms with E-state index in [1.165, 1.54) is 0 Å². The van der Waals surface area contributed by atoms with Crippen molar-refractivity contribution >= 4 is 37.5 Å². The Balaban J connectivity index is 2.13. The molecular formula is C13H11Br2NO. The maximum atomic E-state index is 5.90. The number of halogens is 2. The Kier molecular flexibility index (Phi) is 4.07. The van der Waals surface area contributed by atoms with Crippen molar-refractivity contribution in [2.24, 2.45) is 0 Å². The molecule has 0 atom stereocenters. The summed E-state index contributed by atoms with van der Waals surface area (Å²) in [4.78, 5) is 0. The predicted molar refractivity (Wildman–Crippen MR) is 77.0 cm³/mol. The highest BCUT2D eigenvalue weighted by Gasteiger charge is 2.05. The van der Waals surface area contributed by atoms with E-state index < -0.39 is 0 Å². The number of nitrogens with two attached hydrogens (primary N) is 1. The minimum Gasteiger partial charge on any atom is -0.489 e. The zero-order valence-corrected chi connectivity index (χ0v) is 12.2. The van der Waals surface area contributed by atoms with Gasteiger partial charge in [-0.25, -0.2) is 0 Å². The fourth-order valence-corrected chi connectivity index (χ4v) is 2.31. The molecule has 17 heavy (non-hydrogen) atoms. The Morgan fingerprint density at radius 3 is 2.53 bits per heavy atom. The van der Waals surface area contributed by atoms with Crippen molar-refractivity contribution in [2.75, 3.05) is 5.73 Å². The molecule has 0 heterocycles. The quantitative estimate of drug-likeness (QED) is 0.828. The molecule has 0 aliphatic rings. The molecule has 0 saturated heterocycles. The third-order valence-corrected chi connectivity index (χ3v) is 3.57. The molecule has 0 spiro atoms. The van der Waals surface area contributed by atoms with Crippen LogP contribution in [0.4, 0.5) is 5.69 Å². The largest absolute Gasteiger partial charge is 0.489 e. The number of hydrogen-bond acceptors (Lipinski definition) is 2. The summed E-state index contributed by atoms with van der Waals surface area (Å²) in [5.41, 5.74) is 7.59. The summed E-state index contributed by atoms with van der Waals surface area (Å²) in [5.74, 6) is 0.814. The van der Waals surface area contributed by atoms with Gasteiger partial charge in [0.15, 0.2) is 0 Å². The Morgan fingerprint density at radius 1 is 1.06 bits per heavy atom. The Labute approximate surface area is 117 Å². The molecule has 2 N–H and O–H groups in total. The molecule has 2 aromatic carbocycles. The number of rotatable bonds is 3. The monoisotopic (exact) mass is 355 g/mol. The highest BCUT2D eigenvalue weighted by atomic mass is 79.9. The fourth-order valence-electron chi connectivity index (χ4n) is 1.44. The first-order valence-electron chi connectivity index (χ1n) is 5.08. The number of ether oxygens (including phenoxy) is 1. The highest BCUT2D eigenvalue weighted by Crippen LogP contribution is 2.25. The van der Waals surface area contributed by atoms with Crippen LogP contribution >= 0.6 is 31.9 Å². The molecule has 2 aromatic rings. The second-order valence-corrected chi connectivity index (χ2v) is 5.32. The van der Waals surface area contributed by atoms with Crippen molar-refractivity contribution in [3.63, 3.8) is 0 Å². The summed E-state index contributed by atoms with van der Waals surface area (Å²) >= 11 is 6.87. The van der Waals surface area contributed by atoms with E-state index in [2.05, 4.69) is 31.9 Å². The molecule has 0 aromatic heterocycles. The third kappa shape index (κ3) is 3.23. The van der Waals surface area contributed by atoms with Crippen LogP contribution in [0.2, 0.25) is 0 Å². The van der Waals surface area contributed by atoms with Gasteiger partial charge in [0.2, 0.25) is 0 Å². The molecular weight excluding hydrogens is 346 g/mol. The fraction of sp³-hybridized carbons (Fsp3) is 0.0769. The molecule has 2 nitrogen and oxygen atoms in total. The van der Waals surface area contributed by atoms with E-state index in [4.69, 9.17) is 10.5 Å². The van der Waals surface area contributed by atoms with E-state index in [-0.39, 0.29) is 0 Å². The van der Waals surface area contributed by atoms with Crippen molar-refractivity contribution in [1.82, 2.24) is 0 Å². The third-order valence-electron chi connectivity index (χ3n) is 2.33. The van der Waals surface area contributed by atoms with Gasteiger partial charge in [0.1, 0.15) is 12.4 Å². The van der Waals surface area contributed by atoms with Gasteiger partial charge in [0.05, 0.1) is 0 Å². The minimum atomic E-state index is 0.448. The van der Waals surface area contributed by atoms with Crippen molar-refractivity contribution in [3.05, 3.63) is 57.0 Å². The topological polar surface area (TPSA) is 35.2 Å². The van der Waals surface area contributed by atoms with Crippen molar-refractivity contribution in [3.8, 4) is 5.75 Å². The van der Waals surface area contributed by atoms with E-state index in [0.29, 0.717) is 6.61 Å². The molecule has 0 radical (unpaired) electrons. The van der Waals surface area contributed by atoms with E-state index in [0.717, 1.165) is 25.9 Å². The molecule has 0 unspecified atom stereocenters. The average Bonchev–Trinajstić information content (AvgIpc) is 2.28. The lowest BCUT2D eigenvalue weighted by Crippen LogP contribution is -2.01. The van der Waals surface area contributed by atoms with Gasteiger partial charge in [-0.1, -0.05) is 44.0 Å². The van der Waals surface area contributed by atoms with Crippen LogP contribution in [0, 0.1) is 0 Å². The van der Waals surface area contributed by atoms with Crippen LogP contribution in [0.3, 0.4) is 0 Å². The minimum absolute atomic E-state index is 0.448. The number of benzene rings is 2. The summed E-state index contributed by atoms with van der Waals surface area (Å²) in [6.07, 6.45) is 0. The molecule has 0 amide bonds. The molecule has 0 aliphatic heterocycles. The maximum absolute atomic E-state index is 5.90. The van der Waals surface area contributed by atoms with Crippen molar-refractivity contribution in [1.29, 1.82) is 0 Å². The second kappa shape index (κ2) is 5.56. The standard InChI is InChI=1S/C13H11Br2NO/c14-9-3-1-4-10(7-9)17-8-11-12(15)5-2-6-13(11)16/h1-7H,8,16H2. The summed E-state index contributed by atoms with van der Waals surface area (Å²) in [7, 11) is 0. The van der Waals surface area contributed by atoms with Crippen molar-refractivity contribution < 1.29 is 4.74 Å². The first kappa shape index (κ1) is 12.5. The van der Waals surface area contributed by atoms with Gasteiger partial charge in [-0.05, 0) is 30.3 Å². The summed E-state index contributed by atoms with van der Waals surface area (Å²) < 4.78 is 7.66. The van der Waals surface area contributed by atoms with Gasteiger partial charge in [-0.3, -0.25) is 0 Å².